The average molecular weight is 641 g/mol. The van der Waals surface area contributed by atoms with Gasteiger partial charge in [0.05, 0.1) is 40.3 Å². The molecule has 0 atom stereocenters. The SMILES string of the molecule is CCN(C(=O)Cn1c(-c2ccc3nc(-c4ccccc4F)ccc3c2)c(C2CCCCC2)c2sc(C(=O)O)cc21)N1CCOCC1. The summed E-state index contributed by atoms with van der Waals surface area (Å²) in [5.74, 6) is -1.05. The zero-order chi connectivity index (χ0) is 31.8. The van der Waals surface area contributed by atoms with E-state index >= 15 is 0 Å². The number of halogens is 1. The Hall–Kier alpha value is -4.12. The second-order valence-corrected chi connectivity index (χ2v) is 13.1. The Morgan fingerprint density at radius 2 is 1.83 bits per heavy atom. The van der Waals surface area contributed by atoms with Gasteiger partial charge in [-0.2, -0.15) is 0 Å². The number of hydrazine groups is 1. The number of ether oxygens (including phenoxy) is 1. The van der Waals surface area contributed by atoms with E-state index in [1.165, 1.54) is 23.8 Å². The summed E-state index contributed by atoms with van der Waals surface area (Å²) in [7, 11) is 0. The third kappa shape index (κ3) is 5.70. The number of benzene rings is 2. The van der Waals surface area contributed by atoms with E-state index in [-0.39, 0.29) is 29.1 Å². The van der Waals surface area contributed by atoms with Crippen LogP contribution >= 0.6 is 11.3 Å². The molecule has 238 valence electrons. The van der Waals surface area contributed by atoms with Gasteiger partial charge in [0.2, 0.25) is 0 Å². The fraction of sp³-hybridized carbons (Fsp3) is 0.361. The van der Waals surface area contributed by atoms with Crippen LogP contribution in [-0.4, -0.2) is 69.4 Å². The summed E-state index contributed by atoms with van der Waals surface area (Å²) in [5.41, 5.74) is 5.63. The standard InChI is InChI=1S/C36H37FN4O4S/c1-2-41(39-16-18-45-19-17-39)32(42)22-40-30-21-31(36(43)44)46-35(30)33(23-8-4-3-5-9-23)34(40)25-13-14-28-24(20-25)12-15-29(38-28)26-10-6-7-11-27(26)37/h6-7,10-15,20-21,23H,2-5,8-9,16-19,22H2,1H3,(H,43,44). The van der Waals surface area contributed by atoms with Crippen molar-refractivity contribution in [2.45, 2.75) is 51.5 Å². The van der Waals surface area contributed by atoms with Crippen LogP contribution < -0.4 is 0 Å². The first kappa shape index (κ1) is 30.5. The van der Waals surface area contributed by atoms with Crippen molar-refractivity contribution in [2.75, 3.05) is 32.8 Å². The van der Waals surface area contributed by atoms with Crippen molar-refractivity contribution in [3.63, 3.8) is 0 Å². The molecule has 1 saturated carbocycles. The van der Waals surface area contributed by atoms with Gasteiger partial charge in [0.1, 0.15) is 17.2 Å². The summed E-state index contributed by atoms with van der Waals surface area (Å²) >= 11 is 1.31. The van der Waals surface area contributed by atoms with Crippen molar-refractivity contribution in [3.8, 4) is 22.5 Å². The minimum atomic E-state index is -0.957. The number of aromatic carboxylic acids is 1. The number of amides is 1. The number of aromatic nitrogens is 2. The fourth-order valence-corrected chi connectivity index (χ4v) is 8.26. The summed E-state index contributed by atoms with van der Waals surface area (Å²) in [6.07, 6.45) is 5.48. The molecule has 2 fully saturated rings. The number of carboxylic acids is 1. The fourth-order valence-electron chi connectivity index (χ4n) is 7.14. The molecule has 1 aliphatic heterocycles. The number of pyridine rings is 1. The van der Waals surface area contributed by atoms with E-state index in [1.807, 2.05) is 31.2 Å². The van der Waals surface area contributed by atoms with Gasteiger partial charge in [-0.3, -0.25) is 9.80 Å². The first-order valence-electron chi connectivity index (χ1n) is 16.1. The molecule has 1 N–H and O–H groups in total. The second kappa shape index (κ2) is 12.9. The maximum absolute atomic E-state index is 14.6. The third-order valence-corrected chi connectivity index (χ3v) is 10.5. The largest absolute Gasteiger partial charge is 0.477 e. The Morgan fingerprint density at radius 3 is 2.57 bits per heavy atom. The van der Waals surface area contributed by atoms with Crippen molar-refractivity contribution in [3.05, 3.63) is 76.9 Å². The Balaban J connectivity index is 1.38. The molecular weight excluding hydrogens is 603 g/mol. The number of morpholine rings is 1. The summed E-state index contributed by atoms with van der Waals surface area (Å²) in [5, 5.41) is 14.7. The summed E-state index contributed by atoms with van der Waals surface area (Å²) in [6, 6.07) is 18.3. The topological polar surface area (TPSA) is 87.9 Å². The highest BCUT2D eigenvalue weighted by Crippen LogP contribution is 2.47. The maximum atomic E-state index is 14.6. The molecule has 2 aromatic carbocycles. The normalized spacial score (nSPS) is 16.3. The summed E-state index contributed by atoms with van der Waals surface area (Å²) < 4.78 is 23.1. The molecule has 1 saturated heterocycles. The van der Waals surface area contributed by atoms with Crippen molar-refractivity contribution in [1.29, 1.82) is 0 Å². The van der Waals surface area contributed by atoms with Gasteiger partial charge in [-0.25, -0.2) is 19.2 Å². The molecule has 10 heteroatoms. The van der Waals surface area contributed by atoms with E-state index in [1.54, 1.807) is 29.3 Å². The lowest BCUT2D eigenvalue weighted by Gasteiger charge is -2.36. The number of nitrogens with zero attached hydrogens (tertiary/aromatic N) is 4. The molecule has 3 aromatic heterocycles. The minimum Gasteiger partial charge on any atom is -0.477 e. The highest BCUT2D eigenvalue weighted by molar-refractivity contribution is 7.21. The summed E-state index contributed by atoms with van der Waals surface area (Å²) in [4.78, 5) is 31.3. The molecule has 0 unspecified atom stereocenters. The number of carbonyl (C=O) groups is 2. The van der Waals surface area contributed by atoms with Crippen LogP contribution in [0.3, 0.4) is 0 Å². The maximum Gasteiger partial charge on any atom is 0.345 e. The molecule has 46 heavy (non-hydrogen) atoms. The molecule has 1 aliphatic carbocycles. The summed E-state index contributed by atoms with van der Waals surface area (Å²) in [6.45, 7) is 5.04. The number of carboxylic acid groups (broad SMARTS) is 1. The van der Waals surface area contributed by atoms with Crippen molar-refractivity contribution in [2.24, 2.45) is 0 Å². The number of hydrogen-bond acceptors (Lipinski definition) is 6. The van der Waals surface area contributed by atoms with Gasteiger partial charge in [0.25, 0.3) is 5.91 Å². The highest BCUT2D eigenvalue weighted by Gasteiger charge is 2.31. The van der Waals surface area contributed by atoms with Gasteiger partial charge in [-0.15, -0.1) is 11.3 Å². The van der Waals surface area contributed by atoms with Crippen molar-refractivity contribution < 1.29 is 23.8 Å². The third-order valence-electron chi connectivity index (χ3n) is 9.32. The van der Waals surface area contributed by atoms with Gasteiger partial charge < -0.3 is 14.4 Å². The lowest BCUT2D eigenvalue weighted by atomic mass is 9.83. The number of likely N-dealkylation sites (N-methyl/N-ethyl adjacent to an activating group) is 1. The zero-order valence-corrected chi connectivity index (χ0v) is 26.7. The van der Waals surface area contributed by atoms with Crippen LogP contribution in [0, 0.1) is 5.82 Å². The molecule has 4 heterocycles. The first-order chi connectivity index (χ1) is 22.4. The minimum absolute atomic E-state index is 0.0437. The van der Waals surface area contributed by atoms with Crippen LogP contribution in [-0.2, 0) is 16.1 Å². The van der Waals surface area contributed by atoms with Gasteiger partial charge in [0.15, 0.2) is 0 Å². The Labute approximate surface area is 271 Å². The van der Waals surface area contributed by atoms with Crippen LogP contribution in [0.5, 0.6) is 0 Å². The quantitative estimate of drug-likeness (QED) is 0.188. The molecule has 0 spiro atoms. The van der Waals surface area contributed by atoms with Gasteiger partial charge >= 0.3 is 5.97 Å². The molecule has 8 nitrogen and oxygen atoms in total. The second-order valence-electron chi connectivity index (χ2n) is 12.1. The van der Waals surface area contributed by atoms with E-state index in [2.05, 4.69) is 15.6 Å². The van der Waals surface area contributed by atoms with Crippen molar-refractivity contribution >= 4 is 44.3 Å². The Morgan fingerprint density at radius 1 is 1.04 bits per heavy atom. The van der Waals surface area contributed by atoms with E-state index in [4.69, 9.17) is 9.72 Å². The smallest absolute Gasteiger partial charge is 0.345 e. The Kier molecular flexibility index (Phi) is 8.59. The number of rotatable bonds is 8. The van der Waals surface area contributed by atoms with Crippen LogP contribution in [0.1, 0.15) is 60.2 Å². The predicted octanol–water partition coefficient (Wildman–Crippen LogP) is 7.57. The van der Waals surface area contributed by atoms with E-state index < -0.39 is 5.97 Å². The van der Waals surface area contributed by atoms with Crippen LogP contribution in [0.2, 0.25) is 0 Å². The van der Waals surface area contributed by atoms with Crippen LogP contribution in [0.15, 0.2) is 60.7 Å². The molecule has 5 aromatic rings. The van der Waals surface area contributed by atoms with Crippen LogP contribution in [0.25, 0.3) is 43.6 Å². The number of carbonyl (C=O) groups excluding carboxylic acids is 1. The molecule has 2 aliphatic rings. The Bertz CT molecular complexity index is 1920. The molecule has 1 amide bonds. The molecule has 0 bridgehead atoms. The molecule has 0 radical (unpaired) electrons. The van der Waals surface area contributed by atoms with Gasteiger partial charge in [-0.05, 0) is 73.2 Å². The average Bonchev–Trinajstić information content (AvgIpc) is 3.64. The van der Waals surface area contributed by atoms with E-state index in [0.29, 0.717) is 44.1 Å². The van der Waals surface area contributed by atoms with E-state index in [0.717, 1.165) is 63.6 Å². The van der Waals surface area contributed by atoms with Crippen LogP contribution in [0.4, 0.5) is 4.39 Å². The monoisotopic (exact) mass is 640 g/mol. The predicted molar refractivity (Wildman–Crippen MR) is 179 cm³/mol. The zero-order valence-electron chi connectivity index (χ0n) is 25.9. The van der Waals surface area contributed by atoms with Gasteiger partial charge in [-0.1, -0.05) is 43.5 Å². The lowest BCUT2D eigenvalue weighted by molar-refractivity contribution is -0.156. The highest BCUT2D eigenvalue weighted by atomic mass is 32.1. The van der Waals surface area contributed by atoms with E-state index in [9.17, 15) is 19.1 Å². The first-order valence-corrected chi connectivity index (χ1v) is 16.9. The molecule has 7 rings (SSSR count). The van der Waals surface area contributed by atoms with Crippen molar-refractivity contribution in [1.82, 2.24) is 19.6 Å². The van der Waals surface area contributed by atoms with Gasteiger partial charge in [0, 0.05) is 30.6 Å². The lowest BCUT2D eigenvalue weighted by Crippen LogP contribution is -2.52. The molecular formula is C36H37FN4O4S. The number of hydrogen-bond donors (Lipinski definition) is 1. The number of thiophene rings is 1. The number of fused-ring (bicyclic) bond motifs is 2.